The van der Waals surface area contributed by atoms with Crippen LogP contribution >= 0.6 is 11.6 Å². The molecule has 1 aliphatic heterocycles. The molecule has 0 spiro atoms. The van der Waals surface area contributed by atoms with Gasteiger partial charge in [0.25, 0.3) is 0 Å². The molecule has 1 heterocycles. The average Bonchev–Trinajstić information content (AvgIpc) is 2.98. The van der Waals surface area contributed by atoms with Crippen molar-refractivity contribution in [3.8, 4) is 0 Å². The van der Waals surface area contributed by atoms with E-state index >= 15 is 0 Å². The number of halogens is 1. The number of likely N-dealkylation sites (tertiary alicyclic amines) is 1. The Morgan fingerprint density at radius 1 is 1.24 bits per heavy atom. The van der Waals surface area contributed by atoms with Crippen LogP contribution in [0.1, 0.15) is 44.1 Å². The first-order valence-corrected chi connectivity index (χ1v) is 9.42. The smallest absolute Gasteiger partial charge is 0.320 e. The quantitative estimate of drug-likeness (QED) is 0.813. The lowest BCUT2D eigenvalue weighted by molar-refractivity contribution is -0.143. The molecule has 25 heavy (non-hydrogen) atoms. The Hall–Kier alpha value is -1.59. The fourth-order valence-electron chi connectivity index (χ4n) is 4.27. The van der Waals surface area contributed by atoms with Crippen molar-refractivity contribution in [2.45, 2.75) is 57.2 Å². The first-order chi connectivity index (χ1) is 12.1. The number of carboxylic acid groups (broad SMARTS) is 1. The van der Waals surface area contributed by atoms with E-state index in [0.29, 0.717) is 36.5 Å². The lowest BCUT2D eigenvalue weighted by Gasteiger charge is -2.32. The van der Waals surface area contributed by atoms with Crippen molar-refractivity contribution in [1.29, 1.82) is 0 Å². The Morgan fingerprint density at radius 3 is 2.76 bits per heavy atom. The second-order valence-corrected chi connectivity index (χ2v) is 7.46. The zero-order valence-electron chi connectivity index (χ0n) is 14.3. The molecule has 2 fully saturated rings. The molecule has 0 radical (unpaired) electrons. The van der Waals surface area contributed by atoms with Crippen LogP contribution < -0.4 is 5.32 Å². The van der Waals surface area contributed by atoms with Crippen molar-refractivity contribution in [2.75, 3.05) is 6.54 Å². The van der Waals surface area contributed by atoms with Gasteiger partial charge >= 0.3 is 5.97 Å². The van der Waals surface area contributed by atoms with Crippen LogP contribution in [0.15, 0.2) is 24.3 Å². The second kappa shape index (κ2) is 8.19. The highest BCUT2D eigenvalue weighted by atomic mass is 35.5. The maximum atomic E-state index is 12.2. The van der Waals surface area contributed by atoms with Crippen LogP contribution in [0.4, 0.5) is 0 Å². The predicted molar refractivity (Wildman–Crippen MR) is 96.4 cm³/mol. The van der Waals surface area contributed by atoms with Crippen molar-refractivity contribution in [2.24, 2.45) is 5.92 Å². The molecule has 0 bridgehead atoms. The fourth-order valence-corrected chi connectivity index (χ4v) is 4.47. The van der Waals surface area contributed by atoms with Crippen LogP contribution in [0.3, 0.4) is 0 Å². The number of carbonyl (C=O) groups is 2. The molecule has 1 aliphatic carbocycles. The minimum atomic E-state index is -0.758. The zero-order valence-corrected chi connectivity index (χ0v) is 15.0. The van der Waals surface area contributed by atoms with Crippen LogP contribution in [-0.4, -0.2) is 40.5 Å². The number of nitrogens with zero attached hydrogens (tertiary/aromatic N) is 1. The maximum absolute atomic E-state index is 12.2. The number of hydrogen-bond acceptors (Lipinski definition) is 3. The second-order valence-electron chi connectivity index (χ2n) is 7.06. The number of benzene rings is 1. The van der Waals surface area contributed by atoms with E-state index in [4.69, 9.17) is 11.6 Å². The highest BCUT2D eigenvalue weighted by molar-refractivity contribution is 6.31. The minimum absolute atomic E-state index is 0.0664. The van der Waals surface area contributed by atoms with Gasteiger partial charge in [-0.3, -0.25) is 14.5 Å². The van der Waals surface area contributed by atoms with Gasteiger partial charge in [-0.25, -0.2) is 0 Å². The summed E-state index contributed by atoms with van der Waals surface area (Å²) < 4.78 is 0. The molecule has 1 aromatic carbocycles. The summed E-state index contributed by atoms with van der Waals surface area (Å²) in [5.41, 5.74) is 0.884. The highest BCUT2D eigenvalue weighted by Crippen LogP contribution is 2.39. The van der Waals surface area contributed by atoms with Gasteiger partial charge in [0.15, 0.2) is 0 Å². The maximum Gasteiger partial charge on any atom is 0.320 e. The first kappa shape index (κ1) is 18.2. The monoisotopic (exact) mass is 364 g/mol. The van der Waals surface area contributed by atoms with Gasteiger partial charge in [-0.05, 0) is 36.8 Å². The largest absolute Gasteiger partial charge is 0.480 e. The Kier molecular flexibility index (Phi) is 5.97. The summed E-state index contributed by atoms with van der Waals surface area (Å²) in [5.74, 6) is -0.352. The zero-order chi connectivity index (χ0) is 17.8. The van der Waals surface area contributed by atoms with E-state index in [0.717, 1.165) is 31.2 Å². The summed E-state index contributed by atoms with van der Waals surface area (Å²) in [7, 11) is 0. The van der Waals surface area contributed by atoms with Crippen molar-refractivity contribution >= 4 is 23.5 Å². The van der Waals surface area contributed by atoms with Gasteiger partial charge in [0.2, 0.25) is 5.91 Å². The molecule has 136 valence electrons. The number of rotatable bonds is 6. The van der Waals surface area contributed by atoms with Crippen LogP contribution in [0.5, 0.6) is 0 Å². The van der Waals surface area contributed by atoms with Gasteiger partial charge in [-0.2, -0.15) is 0 Å². The molecule has 2 N–H and O–H groups in total. The predicted octanol–water partition coefficient (Wildman–Crippen LogP) is 3.06. The molecular weight excluding hydrogens is 340 g/mol. The minimum Gasteiger partial charge on any atom is -0.480 e. The number of aliphatic carboxylic acids is 1. The molecule has 1 saturated carbocycles. The molecule has 3 unspecified atom stereocenters. The molecule has 6 heteroatoms. The van der Waals surface area contributed by atoms with E-state index in [-0.39, 0.29) is 5.91 Å². The number of nitrogens with one attached hydrogen (secondary N) is 1. The lowest BCUT2D eigenvalue weighted by atomic mass is 9.85. The van der Waals surface area contributed by atoms with Gasteiger partial charge in [-0.15, -0.1) is 0 Å². The van der Waals surface area contributed by atoms with E-state index in [9.17, 15) is 14.7 Å². The topological polar surface area (TPSA) is 69.6 Å². The average molecular weight is 365 g/mol. The molecule has 3 rings (SSSR count). The molecule has 1 saturated heterocycles. The third kappa shape index (κ3) is 4.33. The summed E-state index contributed by atoms with van der Waals surface area (Å²) in [6, 6.07) is 7.31. The lowest BCUT2D eigenvalue weighted by Crippen LogP contribution is -2.44. The van der Waals surface area contributed by atoms with E-state index in [1.54, 1.807) is 6.07 Å². The van der Waals surface area contributed by atoms with Crippen molar-refractivity contribution in [3.63, 3.8) is 0 Å². The molecule has 5 nitrogen and oxygen atoms in total. The summed E-state index contributed by atoms with van der Waals surface area (Å²) in [6.07, 6.45) is 5.56. The number of hydrogen-bond donors (Lipinski definition) is 2. The standard InChI is InChI=1S/C19H25ClN2O3/c20-15-7-3-1-6-14(15)12-21-18(23)9-10-22-16-8-4-2-5-13(16)11-17(22)19(24)25/h1,3,6-7,13,16-17H,2,4-5,8-12H2,(H,21,23)(H,24,25). The third-order valence-corrected chi connectivity index (χ3v) is 5.91. The molecule has 3 atom stereocenters. The molecule has 1 amide bonds. The molecular formula is C19H25ClN2O3. The number of amides is 1. The Morgan fingerprint density at radius 2 is 2.00 bits per heavy atom. The number of carbonyl (C=O) groups excluding carboxylic acids is 1. The molecule has 0 aromatic heterocycles. The SMILES string of the molecule is O=C(CCN1C(C(=O)O)CC2CCCCC21)NCc1ccccc1Cl. The van der Waals surface area contributed by atoms with Gasteiger partial charge < -0.3 is 10.4 Å². The van der Waals surface area contributed by atoms with Gasteiger partial charge in [0, 0.05) is 30.6 Å². The van der Waals surface area contributed by atoms with E-state index in [2.05, 4.69) is 10.2 Å². The Balaban J connectivity index is 1.53. The van der Waals surface area contributed by atoms with E-state index in [1.165, 1.54) is 6.42 Å². The van der Waals surface area contributed by atoms with Crippen LogP contribution in [-0.2, 0) is 16.1 Å². The van der Waals surface area contributed by atoms with Gasteiger partial charge in [0.05, 0.1) is 0 Å². The summed E-state index contributed by atoms with van der Waals surface area (Å²) in [5, 5.41) is 13.0. The first-order valence-electron chi connectivity index (χ1n) is 9.05. The summed E-state index contributed by atoms with van der Waals surface area (Å²) in [4.78, 5) is 25.8. The van der Waals surface area contributed by atoms with Crippen LogP contribution in [0.2, 0.25) is 5.02 Å². The summed E-state index contributed by atoms with van der Waals surface area (Å²) >= 11 is 6.09. The van der Waals surface area contributed by atoms with Crippen LogP contribution in [0.25, 0.3) is 0 Å². The molecule has 2 aliphatic rings. The molecule has 1 aromatic rings. The fraction of sp³-hybridized carbons (Fsp3) is 0.579. The van der Waals surface area contributed by atoms with Gasteiger partial charge in [0.1, 0.15) is 6.04 Å². The summed E-state index contributed by atoms with van der Waals surface area (Å²) in [6.45, 7) is 0.902. The third-order valence-electron chi connectivity index (χ3n) is 5.54. The number of fused-ring (bicyclic) bond motifs is 1. The van der Waals surface area contributed by atoms with Gasteiger partial charge in [-0.1, -0.05) is 42.6 Å². The van der Waals surface area contributed by atoms with E-state index in [1.807, 2.05) is 18.2 Å². The Labute approximate surface area is 153 Å². The van der Waals surface area contributed by atoms with Crippen molar-refractivity contribution in [1.82, 2.24) is 10.2 Å². The highest BCUT2D eigenvalue weighted by Gasteiger charge is 2.44. The normalized spacial score (nSPS) is 26.2. The number of carboxylic acids is 1. The van der Waals surface area contributed by atoms with Crippen LogP contribution in [0, 0.1) is 5.92 Å². The Bertz CT molecular complexity index is 637. The van der Waals surface area contributed by atoms with Crippen molar-refractivity contribution < 1.29 is 14.7 Å². The van der Waals surface area contributed by atoms with Crippen molar-refractivity contribution in [3.05, 3.63) is 34.9 Å². The van der Waals surface area contributed by atoms with E-state index < -0.39 is 12.0 Å².